The Bertz CT molecular complexity index is 290. The Hall–Kier alpha value is -0.870. The van der Waals surface area contributed by atoms with Crippen molar-refractivity contribution in [2.75, 3.05) is 30.5 Å². The van der Waals surface area contributed by atoms with E-state index in [1.807, 2.05) is 31.2 Å². The van der Waals surface area contributed by atoms with Gasteiger partial charge in [0.25, 0.3) is 0 Å². The molecule has 0 fully saturated rings. The summed E-state index contributed by atoms with van der Waals surface area (Å²) in [4.78, 5) is 0. The minimum absolute atomic E-state index is 0.256. The second-order valence-corrected chi connectivity index (χ2v) is 4.93. The summed E-state index contributed by atoms with van der Waals surface area (Å²) >= 11 is 1.80. The standard InChI is InChI=1S/C12H19NO2S/c1-10(8-14)9-16-7-6-15-12-4-2-11(13)3-5-12/h2-5,10,14H,6-9,13H2,1H3. The number of benzene rings is 1. The molecule has 90 valence electrons. The van der Waals surface area contributed by atoms with Gasteiger partial charge in [0, 0.05) is 18.0 Å². The Balaban J connectivity index is 2.09. The van der Waals surface area contributed by atoms with Crippen molar-refractivity contribution in [2.45, 2.75) is 6.92 Å². The SMILES string of the molecule is CC(CO)CSCCOc1ccc(N)cc1. The Morgan fingerprint density at radius 2 is 2.06 bits per heavy atom. The largest absolute Gasteiger partial charge is 0.493 e. The number of thioether (sulfide) groups is 1. The van der Waals surface area contributed by atoms with Gasteiger partial charge < -0.3 is 15.6 Å². The van der Waals surface area contributed by atoms with E-state index in [1.165, 1.54) is 0 Å². The van der Waals surface area contributed by atoms with Crippen LogP contribution in [0.4, 0.5) is 5.69 Å². The molecule has 0 bridgehead atoms. The van der Waals surface area contributed by atoms with E-state index in [9.17, 15) is 0 Å². The van der Waals surface area contributed by atoms with Gasteiger partial charge >= 0.3 is 0 Å². The van der Waals surface area contributed by atoms with Gasteiger partial charge in [0.2, 0.25) is 0 Å². The first kappa shape index (κ1) is 13.2. The average Bonchev–Trinajstić information content (AvgIpc) is 2.31. The molecular formula is C12H19NO2S. The fraction of sp³-hybridized carbons (Fsp3) is 0.500. The number of hydrogen-bond acceptors (Lipinski definition) is 4. The molecule has 0 amide bonds. The maximum Gasteiger partial charge on any atom is 0.119 e. The van der Waals surface area contributed by atoms with Crippen LogP contribution in [0.15, 0.2) is 24.3 Å². The molecule has 0 radical (unpaired) electrons. The first-order valence-corrected chi connectivity index (χ1v) is 6.54. The van der Waals surface area contributed by atoms with Crippen molar-refractivity contribution < 1.29 is 9.84 Å². The lowest BCUT2D eigenvalue weighted by Gasteiger charge is -2.08. The van der Waals surface area contributed by atoms with Gasteiger partial charge in [-0.25, -0.2) is 0 Å². The first-order valence-electron chi connectivity index (χ1n) is 5.39. The molecule has 1 atom stereocenters. The number of nitrogens with two attached hydrogens (primary N) is 1. The summed E-state index contributed by atoms with van der Waals surface area (Å²) in [6.45, 7) is 2.98. The van der Waals surface area contributed by atoms with Crippen LogP contribution in [0.25, 0.3) is 0 Å². The van der Waals surface area contributed by atoms with E-state index in [-0.39, 0.29) is 6.61 Å². The Morgan fingerprint density at radius 3 is 2.69 bits per heavy atom. The molecular weight excluding hydrogens is 222 g/mol. The monoisotopic (exact) mass is 241 g/mol. The zero-order valence-corrected chi connectivity index (χ0v) is 10.4. The summed E-state index contributed by atoms with van der Waals surface area (Å²) in [7, 11) is 0. The number of rotatable bonds is 7. The van der Waals surface area contributed by atoms with E-state index < -0.39 is 0 Å². The van der Waals surface area contributed by atoms with Gasteiger partial charge in [0.15, 0.2) is 0 Å². The van der Waals surface area contributed by atoms with Gasteiger partial charge in [-0.15, -0.1) is 0 Å². The van der Waals surface area contributed by atoms with Crippen LogP contribution in [0, 0.1) is 5.92 Å². The topological polar surface area (TPSA) is 55.5 Å². The maximum absolute atomic E-state index is 8.84. The van der Waals surface area contributed by atoms with Gasteiger partial charge in [-0.05, 0) is 35.9 Å². The van der Waals surface area contributed by atoms with E-state index in [0.29, 0.717) is 12.5 Å². The Labute approximate surface area is 101 Å². The van der Waals surface area contributed by atoms with E-state index in [2.05, 4.69) is 0 Å². The third kappa shape index (κ3) is 5.28. The van der Waals surface area contributed by atoms with Crippen molar-refractivity contribution in [3.63, 3.8) is 0 Å². The van der Waals surface area contributed by atoms with Crippen molar-refractivity contribution in [1.29, 1.82) is 0 Å². The number of anilines is 1. The molecule has 0 aliphatic heterocycles. The van der Waals surface area contributed by atoms with Crippen molar-refractivity contribution in [3.05, 3.63) is 24.3 Å². The first-order chi connectivity index (χ1) is 7.72. The number of aliphatic hydroxyl groups excluding tert-OH is 1. The highest BCUT2D eigenvalue weighted by atomic mass is 32.2. The minimum atomic E-state index is 0.256. The molecule has 4 heteroatoms. The summed E-state index contributed by atoms with van der Waals surface area (Å²) in [5.74, 6) is 3.13. The molecule has 1 unspecified atom stereocenters. The molecule has 1 rings (SSSR count). The molecule has 0 aliphatic rings. The fourth-order valence-corrected chi connectivity index (χ4v) is 2.00. The van der Waals surface area contributed by atoms with Crippen molar-refractivity contribution in [2.24, 2.45) is 5.92 Å². The molecule has 0 aromatic heterocycles. The molecule has 1 aromatic carbocycles. The lowest BCUT2D eigenvalue weighted by molar-refractivity contribution is 0.250. The summed E-state index contributed by atoms with van der Waals surface area (Å²) in [5.41, 5.74) is 6.32. The lowest BCUT2D eigenvalue weighted by Crippen LogP contribution is -2.06. The van der Waals surface area contributed by atoms with Crippen LogP contribution in [0.5, 0.6) is 5.75 Å². The van der Waals surface area contributed by atoms with Crippen molar-refractivity contribution in [3.8, 4) is 5.75 Å². The van der Waals surface area contributed by atoms with Gasteiger partial charge in [-0.3, -0.25) is 0 Å². The van der Waals surface area contributed by atoms with Gasteiger partial charge in [-0.1, -0.05) is 6.92 Å². The Kier molecular flexibility index (Phi) is 6.11. The fourth-order valence-electron chi connectivity index (χ4n) is 1.12. The predicted molar refractivity (Wildman–Crippen MR) is 69.9 cm³/mol. The quantitative estimate of drug-likeness (QED) is 0.566. The van der Waals surface area contributed by atoms with Gasteiger partial charge in [0.1, 0.15) is 5.75 Å². The molecule has 0 heterocycles. The summed E-state index contributed by atoms with van der Waals surface area (Å²) in [5, 5.41) is 8.84. The van der Waals surface area contributed by atoms with E-state index in [0.717, 1.165) is 22.9 Å². The van der Waals surface area contributed by atoms with Crippen LogP contribution in [-0.2, 0) is 0 Å². The highest BCUT2D eigenvalue weighted by Gasteiger charge is 1.99. The maximum atomic E-state index is 8.84. The van der Waals surface area contributed by atoms with Crippen LogP contribution in [-0.4, -0.2) is 29.8 Å². The van der Waals surface area contributed by atoms with E-state index in [1.54, 1.807) is 11.8 Å². The zero-order valence-electron chi connectivity index (χ0n) is 9.56. The summed E-state index contributed by atoms with van der Waals surface area (Å²) in [6.07, 6.45) is 0. The minimum Gasteiger partial charge on any atom is -0.493 e. The number of nitrogen functional groups attached to an aromatic ring is 1. The normalized spacial score (nSPS) is 12.4. The van der Waals surface area contributed by atoms with Gasteiger partial charge in [-0.2, -0.15) is 11.8 Å². The second kappa shape index (κ2) is 7.41. The molecule has 1 aromatic rings. The average molecular weight is 241 g/mol. The van der Waals surface area contributed by atoms with E-state index in [4.69, 9.17) is 15.6 Å². The Morgan fingerprint density at radius 1 is 1.38 bits per heavy atom. The number of hydrogen-bond donors (Lipinski definition) is 2. The number of aliphatic hydroxyl groups is 1. The summed E-state index contributed by atoms with van der Waals surface area (Å²) < 4.78 is 5.54. The molecule has 0 aliphatic carbocycles. The smallest absolute Gasteiger partial charge is 0.119 e. The van der Waals surface area contributed by atoms with Crippen molar-refractivity contribution >= 4 is 17.4 Å². The zero-order chi connectivity index (χ0) is 11.8. The number of ether oxygens (including phenoxy) is 1. The molecule has 0 saturated heterocycles. The molecule has 0 spiro atoms. The highest BCUT2D eigenvalue weighted by Crippen LogP contribution is 2.14. The van der Waals surface area contributed by atoms with Crippen molar-refractivity contribution in [1.82, 2.24) is 0 Å². The molecule has 3 nitrogen and oxygen atoms in total. The van der Waals surface area contributed by atoms with Crippen LogP contribution in [0.1, 0.15) is 6.92 Å². The lowest BCUT2D eigenvalue weighted by atomic mass is 10.2. The third-order valence-corrected chi connectivity index (χ3v) is 3.35. The van der Waals surface area contributed by atoms with Gasteiger partial charge in [0.05, 0.1) is 6.61 Å². The third-order valence-electron chi connectivity index (χ3n) is 2.09. The molecule has 16 heavy (non-hydrogen) atoms. The van der Waals surface area contributed by atoms with Crippen LogP contribution in [0.3, 0.4) is 0 Å². The second-order valence-electron chi connectivity index (χ2n) is 3.78. The van der Waals surface area contributed by atoms with Crippen LogP contribution in [0.2, 0.25) is 0 Å². The molecule has 0 saturated carbocycles. The van der Waals surface area contributed by atoms with E-state index >= 15 is 0 Å². The van der Waals surface area contributed by atoms with Crippen LogP contribution >= 0.6 is 11.8 Å². The molecule has 3 N–H and O–H groups in total. The summed E-state index contributed by atoms with van der Waals surface area (Å²) in [6, 6.07) is 7.40. The van der Waals surface area contributed by atoms with Crippen LogP contribution < -0.4 is 10.5 Å². The highest BCUT2D eigenvalue weighted by molar-refractivity contribution is 7.99. The predicted octanol–water partition coefficient (Wildman–Crippen LogP) is 2.01.